The van der Waals surface area contributed by atoms with E-state index in [0.29, 0.717) is 36.0 Å². The lowest BCUT2D eigenvalue weighted by Gasteiger charge is -2.34. The summed E-state index contributed by atoms with van der Waals surface area (Å²) in [7, 11) is 1.72. The van der Waals surface area contributed by atoms with Crippen LogP contribution in [0.5, 0.6) is 5.75 Å². The molecule has 3 aromatic rings. The number of phenols is 1. The van der Waals surface area contributed by atoms with Gasteiger partial charge in [-0.05, 0) is 111 Å². The van der Waals surface area contributed by atoms with Crippen LogP contribution in [0.25, 0.3) is 0 Å². The number of nitrogens with zero attached hydrogens (tertiary/aromatic N) is 4. The Morgan fingerprint density at radius 3 is 2.59 bits per heavy atom. The van der Waals surface area contributed by atoms with Gasteiger partial charge in [-0.3, -0.25) is 9.98 Å². The zero-order valence-electron chi connectivity index (χ0n) is 25.5. The number of anilines is 1. The average Bonchev–Trinajstić information content (AvgIpc) is 3.02. The fourth-order valence-electron chi connectivity index (χ4n) is 5.61. The molecule has 0 atom stereocenters. The molecular formula is C36H42ClFN4O2. The smallest absolute Gasteiger partial charge is 0.128 e. The van der Waals surface area contributed by atoms with Crippen molar-refractivity contribution < 1.29 is 14.2 Å². The molecule has 8 heteroatoms. The van der Waals surface area contributed by atoms with Gasteiger partial charge in [-0.25, -0.2) is 4.39 Å². The molecule has 4 rings (SSSR count). The number of phenolic OH excluding ortho intramolecular Hbond substituents is 1. The van der Waals surface area contributed by atoms with E-state index in [1.807, 2.05) is 30.4 Å². The van der Waals surface area contributed by atoms with Gasteiger partial charge in [0.1, 0.15) is 11.6 Å². The van der Waals surface area contributed by atoms with Crippen LogP contribution in [-0.2, 0) is 17.6 Å². The lowest BCUT2D eigenvalue weighted by atomic mass is 9.93. The van der Waals surface area contributed by atoms with Gasteiger partial charge < -0.3 is 19.6 Å². The van der Waals surface area contributed by atoms with Crippen LogP contribution in [0, 0.1) is 11.7 Å². The van der Waals surface area contributed by atoms with Crippen molar-refractivity contribution in [1.82, 2.24) is 4.90 Å². The van der Waals surface area contributed by atoms with Gasteiger partial charge in [0, 0.05) is 43.4 Å². The molecule has 0 unspecified atom stereocenters. The summed E-state index contributed by atoms with van der Waals surface area (Å²) in [5.41, 5.74) is 5.63. The van der Waals surface area contributed by atoms with Crippen molar-refractivity contribution in [3.8, 4) is 5.75 Å². The summed E-state index contributed by atoms with van der Waals surface area (Å²) in [5.74, 6) is 0.324. The van der Waals surface area contributed by atoms with Crippen LogP contribution >= 0.6 is 11.6 Å². The van der Waals surface area contributed by atoms with Crippen LogP contribution in [0.2, 0.25) is 5.02 Å². The van der Waals surface area contributed by atoms with E-state index < -0.39 is 0 Å². The first-order chi connectivity index (χ1) is 21.4. The monoisotopic (exact) mass is 616 g/mol. The minimum absolute atomic E-state index is 0.267. The minimum atomic E-state index is -0.291. The fourth-order valence-corrected chi connectivity index (χ4v) is 5.77. The molecule has 0 amide bonds. The maximum atomic E-state index is 14.0. The van der Waals surface area contributed by atoms with Crippen LogP contribution in [0.1, 0.15) is 29.5 Å². The van der Waals surface area contributed by atoms with Crippen LogP contribution in [0.4, 0.5) is 15.8 Å². The summed E-state index contributed by atoms with van der Waals surface area (Å²) in [6, 6.07) is 18.4. The van der Waals surface area contributed by atoms with Crippen molar-refractivity contribution in [2.75, 3.05) is 51.3 Å². The number of allylic oxidation sites excluding steroid dienone is 4. The van der Waals surface area contributed by atoms with Crippen molar-refractivity contribution in [2.45, 2.75) is 25.7 Å². The maximum Gasteiger partial charge on any atom is 0.128 e. The molecule has 1 heterocycles. The van der Waals surface area contributed by atoms with E-state index in [4.69, 9.17) is 16.3 Å². The molecule has 1 aliphatic heterocycles. The first-order valence-electron chi connectivity index (χ1n) is 15.0. The van der Waals surface area contributed by atoms with Gasteiger partial charge in [-0.15, -0.1) is 0 Å². The van der Waals surface area contributed by atoms with Crippen LogP contribution in [0.15, 0.2) is 94.6 Å². The number of methoxy groups -OCH3 is 1. The molecule has 1 fully saturated rings. The normalized spacial score (nSPS) is 14.7. The average molecular weight is 617 g/mol. The van der Waals surface area contributed by atoms with E-state index in [0.717, 1.165) is 73.8 Å². The molecule has 6 nitrogen and oxygen atoms in total. The van der Waals surface area contributed by atoms with Gasteiger partial charge in [0.15, 0.2) is 0 Å². The predicted octanol–water partition coefficient (Wildman–Crippen LogP) is 7.66. The van der Waals surface area contributed by atoms with Crippen LogP contribution in [-0.4, -0.2) is 69.9 Å². The summed E-state index contributed by atoms with van der Waals surface area (Å²) in [5, 5.41) is 10.2. The number of aliphatic imine (C=N–C) groups is 2. The largest absolute Gasteiger partial charge is 0.508 e. The van der Waals surface area contributed by atoms with E-state index in [9.17, 15) is 9.50 Å². The first-order valence-corrected chi connectivity index (χ1v) is 15.4. The Bertz CT molecular complexity index is 1470. The second-order valence-electron chi connectivity index (χ2n) is 11.0. The zero-order valence-corrected chi connectivity index (χ0v) is 26.2. The van der Waals surface area contributed by atoms with Crippen molar-refractivity contribution in [3.63, 3.8) is 0 Å². The maximum absolute atomic E-state index is 14.0. The summed E-state index contributed by atoms with van der Waals surface area (Å²) < 4.78 is 19.5. The third-order valence-corrected chi connectivity index (χ3v) is 8.30. The molecular weight excluding hydrogens is 575 g/mol. The summed E-state index contributed by atoms with van der Waals surface area (Å²) in [6.07, 6.45) is 9.09. The van der Waals surface area contributed by atoms with Crippen molar-refractivity contribution in [1.29, 1.82) is 0 Å². The Morgan fingerprint density at radius 1 is 1.09 bits per heavy atom. The number of ether oxygens (including phenoxy) is 1. The number of piperidine rings is 1. The number of halogens is 2. The number of hydrogen-bond acceptors (Lipinski definition) is 6. The highest BCUT2D eigenvalue weighted by atomic mass is 35.5. The highest BCUT2D eigenvalue weighted by molar-refractivity contribution is 6.30. The van der Waals surface area contributed by atoms with Gasteiger partial charge in [0.2, 0.25) is 0 Å². The SMILES string of the molecule is C=N/C(=C\C=C/Cc1ccc(Cl)cc1F)C1CCN(CCN(CCOC)c2ccc(Cc3cccc(O)c3)cc2N=C)CC1. The van der Waals surface area contributed by atoms with Crippen LogP contribution < -0.4 is 4.90 Å². The Labute approximate surface area is 265 Å². The number of benzene rings is 3. The fraction of sp³-hybridized carbons (Fsp3) is 0.333. The van der Waals surface area contributed by atoms with Crippen LogP contribution in [0.3, 0.4) is 0 Å². The Hall–Kier alpha value is -3.78. The third-order valence-electron chi connectivity index (χ3n) is 8.07. The number of rotatable bonds is 15. The quantitative estimate of drug-likeness (QED) is 0.141. The molecule has 0 aliphatic carbocycles. The van der Waals surface area contributed by atoms with E-state index >= 15 is 0 Å². The van der Waals surface area contributed by atoms with E-state index in [1.165, 1.54) is 6.07 Å². The van der Waals surface area contributed by atoms with E-state index in [1.54, 1.807) is 31.4 Å². The molecule has 0 saturated carbocycles. The lowest BCUT2D eigenvalue weighted by molar-refractivity contribution is 0.192. The summed E-state index contributed by atoms with van der Waals surface area (Å²) in [6.45, 7) is 12.7. The predicted molar refractivity (Wildman–Crippen MR) is 182 cm³/mol. The summed E-state index contributed by atoms with van der Waals surface area (Å²) >= 11 is 5.85. The summed E-state index contributed by atoms with van der Waals surface area (Å²) in [4.78, 5) is 13.5. The number of aromatic hydroxyl groups is 1. The standard InChI is InChI=1S/C36H42ClFN4O2/c1-39-34(10-5-4-8-29-12-13-31(37)26-33(29)38)30-15-17-41(18-16-30)19-20-42(21-22-44-3)36-14-11-28(25-35(36)40-2)23-27-7-6-9-32(43)24-27/h4-7,9-14,24-26,30,43H,1-2,8,15-23H2,3H3/b5-4-,34-10-. The van der Waals surface area contributed by atoms with E-state index in [-0.39, 0.29) is 11.6 Å². The minimum Gasteiger partial charge on any atom is -0.508 e. The molecule has 1 saturated heterocycles. The Kier molecular flexibility index (Phi) is 12.7. The third kappa shape index (κ3) is 9.61. The molecule has 0 radical (unpaired) electrons. The molecule has 3 aromatic carbocycles. The highest BCUT2D eigenvalue weighted by Crippen LogP contribution is 2.31. The number of likely N-dealkylation sites (tertiary alicyclic amines) is 1. The Balaban J connectivity index is 1.32. The topological polar surface area (TPSA) is 60.7 Å². The molecule has 1 aliphatic rings. The molecule has 0 bridgehead atoms. The van der Waals surface area contributed by atoms with Gasteiger partial charge in [0.25, 0.3) is 0 Å². The molecule has 1 N–H and O–H groups in total. The highest BCUT2D eigenvalue weighted by Gasteiger charge is 2.22. The van der Waals surface area contributed by atoms with E-state index in [2.05, 4.69) is 51.4 Å². The van der Waals surface area contributed by atoms with Crippen molar-refractivity contribution in [3.05, 3.63) is 112 Å². The number of hydrogen-bond donors (Lipinski definition) is 1. The second kappa shape index (κ2) is 16.9. The van der Waals surface area contributed by atoms with Gasteiger partial charge >= 0.3 is 0 Å². The molecule has 232 valence electrons. The zero-order chi connectivity index (χ0) is 31.3. The Morgan fingerprint density at radius 2 is 1.89 bits per heavy atom. The van der Waals surface area contributed by atoms with Gasteiger partial charge in [-0.1, -0.05) is 48.0 Å². The lowest BCUT2D eigenvalue weighted by Crippen LogP contribution is -2.41. The molecule has 0 spiro atoms. The first kappa shape index (κ1) is 33.1. The van der Waals surface area contributed by atoms with Gasteiger partial charge in [-0.2, -0.15) is 0 Å². The van der Waals surface area contributed by atoms with Crippen molar-refractivity contribution in [2.24, 2.45) is 15.9 Å². The van der Waals surface area contributed by atoms with Gasteiger partial charge in [0.05, 0.1) is 18.0 Å². The molecule has 0 aromatic heterocycles. The second-order valence-corrected chi connectivity index (χ2v) is 11.5. The van der Waals surface area contributed by atoms with Crippen molar-refractivity contribution >= 4 is 36.4 Å². The molecule has 44 heavy (non-hydrogen) atoms.